The Morgan fingerprint density at radius 1 is 1.03 bits per heavy atom. The number of methoxy groups -OCH3 is 1. The van der Waals surface area contributed by atoms with E-state index in [0.717, 1.165) is 11.3 Å². The maximum absolute atomic E-state index is 13.0. The second-order valence-corrected chi connectivity index (χ2v) is 8.83. The second-order valence-electron chi connectivity index (χ2n) is 7.06. The molecule has 2 aromatic rings. The lowest BCUT2D eigenvalue weighted by Crippen LogP contribution is -2.43. The molecule has 2 heterocycles. The van der Waals surface area contributed by atoms with Gasteiger partial charge < -0.3 is 18.9 Å². The summed E-state index contributed by atoms with van der Waals surface area (Å²) in [4.78, 5) is 2.36. The van der Waals surface area contributed by atoms with Gasteiger partial charge in [-0.3, -0.25) is 4.90 Å². The summed E-state index contributed by atoms with van der Waals surface area (Å²) >= 11 is 0. The number of nitrogens with zero attached hydrogens (tertiary/aromatic N) is 1. The third kappa shape index (κ3) is 4.54. The van der Waals surface area contributed by atoms with Crippen LogP contribution in [0.4, 0.5) is 0 Å². The molecule has 1 fully saturated rings. The van der Waals surface area contributed by atoms with Crippen LogP contribution in [0.1, 0.15) is 11.6 Å². The number of nitrogens with one attached hydrogen (secondary N) is 1. The largest absolute Gasteiger partial charge is 0.496 e. The van der Waals surface area contributed by atoms with Gasteiger partial charge >= 0.3 is 0 Å². The van der Waals surface area contributed by atoms with Crippen LogP contribution in [0, 0.1) is 0 Å². The zero-order chi connectivity index (χ0) is 21.0. The molecule has 9 heteroatoms. The highest BCUT2D eigenvalue weighted by atomic mass is 32.2. The molecule has 4 rings (SSSR count). The van der Waals surface area contributed by atoms with Crippen LogP contribution in [0.2, 0.25) is 0 Å². The van der Waals surface area contributed by atoms with E-state index in [-0.39, 0.29) is 17.5 Å². The van der Waals surface area contributed by atoms with E-state index in [1.165, 1.54) is 12.1 Å². The summed E-state index contributed by atoms with van der Waals surface area (Å²) in [6.45, 7) is 3.72. The fourth-order valence-corrected chi connectivity index (χ4v) is 4.78. The highest BCUT2D eigenvalue weighted by Crippen LogP contribution is 2.33. The molecule has 2 aliphatic heterocycles. The van der Waals surface area contributed by atoms with Gasteiger partial charge in [-0.25, -0.2) is 13.1 Å². The predicted molar refractivity (Wildman–Crippen MR) is 111 cm³/mol. The first-order valence-electron chi connectivity index (χ1n) is 9.92. The molecule has 1 saturated heterocycles. The molecule has 2 aromatic carbocycles. The third-order valence-electron chi connectivity index (χ3n) is 5.28. The summed E-state index contributed by atoms with van der Waals surface area (Å²) in [5, 5.41) is 0. The first-order valence-corrected chi connectivity index (χ1v) is 11.4. The van der Waals surface area contributed by atoms with Crippen LogP contribution < -0.4 is 18.9 Å². The summed E-state index contributed by atoms with van der Waals surface area (Å²) in [5.41, 5.74) is 0.937. The first kappa shape index (κ1) is 20.9. The summed E-state index contributed by atoms with van der Waals surface area (Å²) in [7, 11) is -2.12. The number of ether oxygens (including phenoxy) is 4. The van der Waals surface area contributed by atoms with E-state index >= 15 is 0 Å². The van der Waals surface area contributed by atoms with Crippen molar-refractivity contribution < 1.29 is 27.4 Å². The molecule has 0 unspecified atom stereocenters. The highest BCUT2D eigenvalue weighted by molar-refractivity contribution is 7.89. The van der Waals surface area contributed by atoms with Crippen molar-refractivity contribution in [2.24, 2.45) is 0 Å². The summed E-state index contributed by atoms with van der Waals surface area (Å²) in [6.07, 6.45) is 0. The van der Waals surface area contributed by atoms with Gasteiger partial charge in [0, 0.05) is 31.3 Å². The van der Waals surface area contributed by atoms with E-state index < -0.39 is 10.0 Å². The molecule has 0 spiro atoms. The van der Waals surface area contributed by atoms with Crippen LogP contribution in [0.3, 0.4) is 0 Å². The van der Waals surface area contributed by atoms with E-state index in [1.54, 1.807) is 13.2 Å². The number of sulfonamides is 1. The van der Waals surface area contributed by atoms with Crippen molar-refractivity contribution in [3.05, 3.63) is 48.0 Å². The predicted octanol–water partition coefficient (Wildman–Crippen LogP) is 1.82. The lowest BCUT2D eigenvalue weighted by molar-refractivity contribution is 0.0167. The normalized spacial score (nSPS) is 18.0. The second kappa shape index (κ2) is 9.22. The monoisotopic (exact) mass is 434 g/mol. The molecule has 0 radical (unpaired) electrons. The van der Waals surface area contributed by atoms with Gasteiger partial charge in [0.1, 0.15) is 19.0 Å². The number of hydrogen-bond donors (Lipinski definition) is 1. The van der Waals surface area contributed by atoms with Crippen molar-refractivity contribution in [2.75, 3.05) is 53.2 Å². The van der Waals surface area contributed by atoms with Crippen molar-refractivity contribution in [2.45, 2.75) is 10.9 Å². The third-order valence-corrected chi connectivity index (χ3v) is 6.70. The number of para-hydroxylation sites is 1. The lowest BCUT2D eigenvalue weighted by atomic mass is 10.0. The van der Waals surface area contributed by atoms with Crippen LogP contribution in [-0.4, -0.2) is 66.5 Å². The van der Waals surface area contributed by atoms with Crippen LogP contribution in [0.15, 0.2) is 47.4 Å². The topological polar surface area (TPSA) is 86.3 Å². The fourth-order valence-electron chi connectivity index (χ4n) is 3.73. The molecular weight excluding hydrogens is 408 g/mol. The molecule has 1 atom stereocenters. The van der Waals surface area contributed by atoms with E-state index in [4.69, 9.17) is 18.9 Å². The molecule has 8 nitrogen and oxygen atoms in total. The number of rotatable bonds is 7. The quantitative estimate of drug-likeness (QED) is 0.711. The smallest absolute Gasteiger partial charge is 0.240 e. The standard InChI is InChI=1S/C21H26N2O6S/c1-26-19-5-3-2-4-17(19)18(23-8-10-27-11-9-23)15-22-30(24,25)16-6-7-20-21(14-16)29-13-12-28-20/h2-7,14,18,22H,8-13,15H2,1H3/t18-/m1/s1. The van der Waals surface area contributed by atoms with E-state index in [0.29, 0.717) is 51.0 Å². The fraction of sp³-hybridized carbons (Fsp3) is 0.429. The van der Waals surface area contributed by atoms with Gasteiger partial charge in [0.15, 0.2) is 11.5 Å². The summed E-state index contributed by atoms with van der Waals surface area (Å²) in [5.74, 6) is 1.73. The van der Waals surface area contributed by atoms with Crippen molar-refractivity contribution in [1.82, 2.24) is 9.62 Å². The Morgan fingerprint density at radius 2 is 1.77 bits per heavy atom. The van der Waals surface area contributed by atoms with Gasteiger partial charge in [-0.05, 0) is 18.2 Å². The Hall–Kier alpha value is -2.33. The average molecular weight is 435 g/mol. The average Bonchev–Trinajstić information content (AvgIpc) is 2.80. The Labute approximate surface area is 176 Å². The van der Waals surface area contributed by atoms with Gasteiger partial charge in [0.05, 0.1) is 31.3 Å². The van der Waals surface area contributed by atoms with Gasteiger partial charge in [-0.1, -0.05) is 18.2 Å². The van der Waals surface area contributed by atoms with Crippen LogP contribution in [0.25, 0.3) is 0 Å². The molecule has 0 bridgehead atoms. The molecular formula is C21H26N2O6S. The minimum atomic E-state index is -3.74. The summed E-state index contributed by atoms with van der Waals surface area (Å²) < 4.78 is 50.8. The Morgan fingerprint density at radius 3 is 2.53 bits per heavy atom. The van der Waals surface area contributed by atoms with E-state index in [1.807, 2.05) is 24.3 Å². The molecule has 1 N–H and O–H groups in total. The SMILES string of the molecule is COc1ccccc1[C@@H](CNS(=O)(=O)c1ccc2c(c1)OCCO2)N1CCOCC1. The maximum Gasteiger partial charge on any atom is 0.240 e. The van der Waals surface area contributed by atoms with Crippen molar-refractivity contribution >= 4 is 10.0 Å². The first-order chi connectivity index (χ1) is 14.6. The Balaban J connectivity index is 1.57. The van der Waals surface area contributed by atoms with Crippen molar-refractivity contribution in [3.8, 4) is 17.2 Å². The number of hydrogen-bond acceptors (Lipinski definition) is 7. The van der Waals surface area contributed by atoms with Gasteiger partial charge in [-0.2, -0.15) is 0 Å². The maximum atomic E-state index is 13.0. The highest BCUT2D eigenvalue weighted by Gasteiger charge is 2.27. The van der Waals surface area contributed by atoms with Gasteiger partial charge in [-0.15, -0.1) is 0 Å². The molecule has 30 heavy (non-hydrogen) atoms. The minimum absolute atomic E-state index is 0.146. The number of morpholine rings is 1. The van der Waals surface area contributed by atoms with Crippen molar-refractivity contribution in [3.63, 3.8) is 0 Å². The van der Waals surface area contributed by atoms with Crippen LogP contribution in [-0.2, 0) is 14.8 Å². The number of fused-ring (bicyclic) bond motifs is 1. The molecule has 0 aliphatic carbocycles. The molecule has 0 saturated carbocycles. The minimum Gasteiger partial charge on any atom is -0.496 e. The number of benzene rings is 2. The van der Waals surface area contributed by atoms with Crippen molar-refractivity contribution in [1.29, 1.82) is 0 Å². The lowest BCUT2D eigenvalue weighted by Gasteiger charge is -2.35. The van der Waals surface area contributed by atoms with Gasteiger partial charge in [0.25, 0.3) is 0 Å². The summed E-state index contributed by atoms with van der Waals surface area (Å²) in [6, 6.07) is 12.2. The Bertz CT molecular complexity index is 975. The zero-order valence-corrected chi connectivity index (χ0v) is 17.7. The Kier molecular flexibility index (Phi) is 6.43. The molecule has 162 valence electrons. The zero-order valence-electron chi connectivity index (χ0n) is 16.9. The van der Waals surface area contributed by atoms with E-state index in [9.17, 15) is 8.42 Å². The molecule has 0 aromatic heterocycles. The van der Waals surface area contributed by atoms with Crippen LogP contribution >= 0.6 is 0 Å². The van der Waals surface area contributed by atoms with E-state index in [2.05, 4.69) is 9.62 Å². The molecule has 0 amide bonds. The molecule has 2 aliphatic rings. The van der Waals surface area contributed by atoms with Crippen LogP contribution in [0.5, 0.6) is 17.2 Å². The van der Waals surface area contributed by atoms with Gasteiger partial charge in [0.2, 0.25) is 10.0 Å².